The lowest BCUT2D eigenvalue weighted by Gasteiger charge is -2.11. The summed E-state index contributed by atoms with van der Waals surface area (Å²) in [5, 5.41) is 19.6. The van der Waals surface area contributed by atoms with Crippen LogP contribution in [0.1, 0.15) is 25.0 Å². The molecule has 0 spiro atoms. The molecule has 0 aromatic heterocycles. The second-order valence-electron chi connectivity index (χ2n) is 4.35. The van der Waals surface area contributed by atoms with E-state index in [-0.39, 0.29) is 0 Å². The minimum atomic E-state index is 0.333. The van der Waals surface area contributed by atoms with Crippen molar-refractivity contribution in [3.8, 4) is 22.6 Å². The van der Waals surface area contributed by atoms with Gasteiger partial charge in [0.1, 0.15) is 11.5 Å². The zero-order chi connectivity index (χ0) is 13.1. The molecule has 0 bridgehead atoms. The van der Waals surface area contributed by atoms with Gasteiger partial charge in [-0.1, -0.05) is 32.0 Å². The Morgan fingerprint density at radius 1 is 0.889 bits per heavy atom. The lowest BCUT2D eigenvalue weighted by atomic mass is 9.95. The van der Waals surface area contributed by atoms with E-state index in [4.69, 9.17) is 0 Å². The van der Waals surface area contributed by atoms with Crippen molar-refractivity contribution in [1.29, 1.82) is 0 Å². The lowest BCUT2D eigenvalue weighted by Crippen LogP contribution is -1.90. The maximum atomic E-state index is 9.88. The van der Waals surface area contributed by atoms with Crippen LogP contribution in [-0.4, -0.2) is 10.2 Å². The first-order valence-corrected chi connectivity index (χ1v) is 6.30. The summed E-state index contributed by atoms with van der Waals surface area (Å²) in [5.74, 6) is 0.667. The Morgan fingerprint density at radius 2 is 1.67 bits per heavy atom. The van der Waals surface area contributed by atoms with Crippen LogP contribution in [0.3, 0.4) is 0 Å². The predicted molar refractivity (Wildman–Crippen MR) is 74.0 cm³/mol. The van der Waals surface area contributed by atoms with Gasteiger partial charge in [0, 0.05) is 5.56 Å². The van der Waals surface area contributed by atoms with Gasteiger partial charge in [0.25, 0.3) is 0 Å². The van der Waals surface area contributed by atoms with Gasteiger partial charge in [0.2, 0.25) is 0 Å². The fraction of sp³-hybridized carbons (Fsp3) is 0.250. The largest absolute Gasteiger partial charge is 0.508 e. The van der Waals surface area contributed by atoms with Crippen LogP contribution in [0, 0.1) is 0 Å². The fourth-order valence-corrected chi connectivity index (χ4v) is 2.25. The van der Waals surface area contributed by atoms with Gasteiger partial charge in [0.05, 0.1) is 0 Å². The number of aromatic hydroxyl groups is 2. The third kappa shape index (κ3) is 2.19. The third-order valence-electron chi connectivity index (χ3n) is 3.28. The highest BCUT2D eigenvalue weighted by Gasteiger charge is 2.09. The summed E-state index contributed by atoms with van der Waals surface area (Å²) in [6.07, 6.45) is 1.57. The number of phenolic OH excluding ortho intramolecular Hbond substituents is 2. The highest BCUT2D eigenvalue weighted by molar-refractivity contribution is 5.71. The van der Waals surface area contributed by atoms with Crippen LogP contribution in [0.2, 0.25) is 0 Å². The van der Waals surface area contributed by atoms with E-state index in [1.807, 2.05) is 38.1 Å². The quantitative estimate of drug-likeness (QED) is 0.857. The lowest BCUT2D eigenvalue weighted by molar-refractivity contribution is 0.469. The van der Waals surface area contributed by atoms with Crippen molar-refractivity contribution in [2.24, 2.45) is 0 Å². The molecule has 2 rings (SSSR count). The molecule has 0 unspecified atom stereocenters. The van der Waals surface area contributed by atoms with E-state index in [1.54, 1.807) is 12.1 Å². The van der Waals surface area contributed by atoms with E-state index in [2.05, 4.69) is 0 Å². The van der Waals surface area contributed by atoms with Gasteiger partial charge in [-0.15, -0.1) is 0 Å². The van der Waals surface area contributed by atoms with Crippen LogP contribution in [-0.2, 0) is 12.8 Å². The van der Waals surface area contributed by atoms with Crippen molar-refractivity contribution in [3.05, 3.63) is 47.5 Å². The first-order chi connectivity index (χ1) is 8.67. The predicted octanol–water partition coefficient (Wildman–Crippen LogP) is 3.89. The first kappa shape index (κ1) is 12.5. The number of phenols is 2. The van der Waals surface area contributed by atoms with Crippen molar-refractivity contribution < 1.29 is 10.2 Å². The molecule has 2 N–H and O–H groups in total. The molecule has 0 saturated carbocycles. The molecule has 94 valence electrons. The monoisotopic (exact) mass is 242 g/mol. The standard InChI is InChI=1S/C16H18O2/c1-3-11-10-12(8-9-15(11)17)14-6-5-7-16(18)13(14)4-2/h5-10,17-18H,3-4H2,1-2H3. The van der Waals surface area contributed by atoms with Crippen molar-refractivity contribution in [3.63, 3.8) is 0 Å². The molecule has 0 amide bonds. The van der Waals surface area contributed by atoms with E-state index in [0.717, 1.165) is 35.1 Å². The summed E-state index contributed by atoms with van der Waals surface area (Å²) in [4.78, 5) is 0. The summed E-state index contributed by atoms with van der Waals surface area (Å²) < 4.78 is 0. The molecule has 0 heterocycles. The molecule has 0 saturated heterocycles. The van der Waals surface area contributed by atoms with Gasteiger partial charge in [-0.25, -0.2) is 0 Å². The second kappa shape index (κ2) is 5.13. The average Bonchev–Trinajstić information content (AvgIpc) is 2.39. The molecule has 2 aromatic carbocycles. The molecule has 2 heteroatoms. The molecule has 0 radical (unpaired) electrons. The Bertz CT molecular complexity index is 559. The van der Waals surface area contributed by atoms with Crippen LogP contribution < -0.4 is 0 Å². The van der Waals surface area contributed by atoms with Crippen LogP contribution in [0.15, 0.2) is 36.4 Å². The Morgan fingerprint density at radius 3 is 2.33 bits per heavy atom. The Kier molecular flexibility index (Phi) is 3.56. The summed E-state index contributed by atoms with van der Waals surface area (Å²) in [6.45, 7) is 4.04. The summed E-state index contributed by atoms with van der Waals surface area (Å²) >= 11 is 0. The topological polar surface area (TPSA) is 40.5 Å². The molecular formula is C16H18O2. The number of hydrogen-bond donors (Lipinski definition) is 2. The second-order valence-corrected chi connectivity index (χ2v) is 4.35. The zero-order valence-electron chi connectivity index (χ0n) is 10.8. The highest BCUT2D eigenvalue weighted by Crippen LogP contribution is 2.32. The van der Waals surface area contributed by atoms with Crippen molar-refractivity contribution >= 4 is 0 Å². The Hall–Kier alpha value is -1.96. The van der Waals surface area contributed by atoms with E-state index in [0.29, 0.717) is 11.5 Å². The first-order valence-electron chi connectivity index (χ1n) is 6.30. The molecule has 0 aliphatic heterocycles. The average molecular weight is 242 g/mol. The Labute approximate surface area is 108 Å². The van der Waals surface area contributed by atoms with E-state index in [1.165, 1.54) is 0 Å². The minimum absolute atomic E-state index is 0.333. The van der Waals surface area contributed by atoms with Gasteiger partial charge in [-0.05, 0) is 47.7 Å². The number of benzene rings is 2. The summed E-state index contributed by atoms with van der Waals surface area (Å²) in [7, 11) is 0. The van der Waals surface area contributed by atoms with Crippen LogP contribution >= 0.6 is 0 Å². The minimum Gasteiger partial charge on any atom is -0.508 e. The third-order valence-corrected chi connectivity index (χ3v) is 3.28. The maximum Gasteiger partial charge on any atom is 0.119 e. The fourth-order valence-electron chi connectivity index (χ4n) is 2.25. The number of rotatable bonds is 3. The van der Waals surface area contributed by atoms with E-state index < -0.39 is 0 Å². The zero-order valence-corrected chi connectivity index (χ0v) is 10.8. The molecule has 2 nitrogen and oxygen atoms in total. The molecule has 2 aromatic rings. The Balaban J connectivity index is 2.58. The van der Waals surface area contributed by atoms with Gasteiger partial charge < -0.3 is 10.2 Å². The van der Waals surface area contributed by atoms with Crippen LogP contribution in [0.25, 0.3) is 11.1 Å². The molecular weight excluding hydrogens is 224 g/mol. The van der Waals surface area contributed by atoms with Gasteiger partial charge in [-0.2, -0.15) is 0 Å². The van der Waals surface area contributed by atoms with Crippen molar-refractivity contribution in [2.45, 2.75) is 26.7 Å². The smallest absolute Gasteiger partial charge is 0.119 e. The summed E-state index contributed by atoms with van der Waals surface area (Å²) in [5.41, 5.74) is 3.95. The normalized spacial score (nSPS) is 10.6. The van der Waals surface area contributed by atoms with Gasteiger partial charge in [-0.3, -0.25) is 0 Å². The van der Waals surface area contributed by atoms with Gasteiger partial charge >= 0.3 is 0 Å². The number of hydrogen-bond acceptors (Lipinski definition) is 2. The molecule has 18 heavy (non-hydrogen) atoms. The van der Waals surface area contributed by atoms with Crippen LogP contribution in [0.5, 0.6) is 11.5 Å². The van der Waals surface area contributed by atoms with Crippen LogP contribution in [0.4, 0.5) is 0 Å². The molecule has 0 atom stereocenters. The van der Waals surface area contributed by atoms with Crippen molar-refractivity contribution in [2.75, 3.05) is 0 Å². The molecule has 0 fully saturated rings. The SMILES string of the molecule is CCc1cc(-c2cccc(O)c2CC)ccc1O. The van der Waals surface area contributed by atoms with E-state index >= 15 is 0 Å². The van der Waals surface area contributed by atoms with E-state index in [9.17, 15) is 10.2 Å². The summed E-state index contributed by atoms with van der Waals surface area (Å²) in [6, 6.07) is 11.2. The van der Waals surface area contributed by atoms with Crippen molar-refractivity contribution in [1.82, 2.24) is 0 Å². The highest BCUT2D eigenvalue weighted by atomic mass is 16.3. The maximum absolute atomic E-state index is 9.88. The number of aryl methyl sites for hydroxylation is 1. The molecule has 0 aliphatic rings. The molecule has 0 aliphatic carbocycles. The van der Waals surface area contributed by atoms with Gasteiger partial charge in [0.15, 0.2) is 0 Å².